The number of carbonyl (C=O) groups is 1. The molecule has 6 atom stereocenters. The van der Waals surface area contributed by atoms with Gasteiger partial charge in [0.25, 0.3) is 0 Å². The number of piperazine rings is 1. The van der Waals surface area contributed by atoms with Crippen LogP contribution in [-0.4, -0.2) is 86.2 Å². The molecule has 2 aromatic rings. The Morgan fingerprint density at radius 3 is 2.16 bits per heavy atom. The molecule has 1 N–H and O–H groups in total. The van der Waals surface area contributed by atoms with Gasteiger partial charge in [0, 0.05) is 50.3 Å². The van der Waals surface area contributed by atoms with Crippen LogP contribution in [0.3, 0.4) is 0 Å². The monoisotopic (exact) mass is 519 g/mol. The number of carboxylic acid groups (broad SMARTS) is 1. The van der Waals surface area contributed by atoms with E-state index in [2.05, 4.69) is 43.5 Å². The zero-order valence-corrected chi connectivity index (χ0v) is 22.9. The molecule has 0 spiro atoms. The minimum absolute atomic E-state index is 0.149. The molecule has 38 heavy (non-hydrogen) atoms. The van der Waals surface area contributed by atoms with E-state index in [1.165, 1.54) is 82.0 Å². The molecule has 4 heterocycles. The highest BCUT2D eigenvalue weighted by Crippen LogP contribution is 2.48. The van der Waals surface area contributed by atoms with Gasteiger partial charge >= 0.3 is 5.97 Å². The van der Waals surface area contributed by atoms with Crippen LogP contribution < -0.4 is 0 Å². The number of rotatable bonds is 6. The molecule has 7 heteroatoms. The summed E-state index contributed by atoms with van der Waals surface area (Å²) in [5, 5.41) is 9.17. The molecule has 2 saturated carbocycles. The minimum atomic E-state index is -0.728. The Morgan fingerprint density at radius 1 is 0.789 bits per heavy atom. The average molecular weight is 520 g/mol. The molecule has 1 aromatic carbocycles. The fourth-order valence-corrected chi connectivity index (χ4v) is 9.25. The SMILES string of the molecule is O=C(O)CN1CCN(Cc2nc3ccccc3n2C2C[C@H]3CCC[C@@H](C2)N3C2C[C@H]3CCC[C@@H](C2)C3)CC1. The predicted molar refractivity (Wildman–Crippen MR) is 149 cm³/mol. The number of nitrogens with zero attached hydrogens (tertiary/aromatic N) is 5. The smallest absolute Gasteiger partial charge is 0.317 e. The molecule has 5 fully saturated rings. The predicted octanol–water partition coefficient (Wildman–Crippen LogP) is 4.77. The number of aromatic nitrogens is 2. The molecule has 3 saturated heterocycles. The third kappa shape index (κ3) is 4.90. The van der Waals surface area contributed by atoms with Gasteiger partial charge in [-0.15, -0.1) is 0 Å². The summed E-state index contributed by atoms with van der Waals surface area (Å²) in [6.45, 7) is 4.46. The van der Waals surface area contributed by atoms with Crippen LogP contribution in [0.5, 0.6) is 0 Å². The number of piperidine rings is 2. The summed E-state index contributed by atoms with van der Waals surface area (Å²) in [4.78, 5) is 23.9. The maximum absolute atomic E-state index is 11.1. The summed E-state index contributed by atoms with van der Waals surface area (Å²) >= 11 is 0. The lowest BCUT2D eigenvalue weighted by Gasteiger charge is -2.55. The summed E-state index contributed by atoms with van der Waals surface area (Å²) in [5.41, 5.74) is 2.43. The van der Waals surface area contributed by atoms with Crippen LogP contribution in [0.15, 0.2) is 24.3 Å². The molecule has 0 radical (unpaired) electrons. The van der Waals surface area contributed by atoms with E-state index in [4.69, 9.17) is 10.1 Å². The number of benzene rings is 1. The first-order valence-electron chi connectivity index (χ1n) is 15.5. The number of fused-ring (bicyclic) bond motifs is 5. The van der Waals surface area contributed by atoms with E-state index in [0.717, 1.165) is 68.2 Å². The summed E-state index contributed by atoms with van der Waals surface area (Å²) in [6, 6.07) is 11.6. The molecule has 5 aliphatic rings. The van der Waals surface area contributed by atoms with Crippen LogP contribution in [0.4, 0.5) is 0 Å². The molecule has 4 bridgehead atoms. The second kappa shape index (κ2) is 10.5. The van der Waals surface area contributed by atoms with Crippen molar-refractivity contribution in [1.82, 2.24) is 24.3 Å². The number of hydrogen-bond donors (Lipinski definition) is 1. The molecule has 3 aliphatic heterocycles. The van der Waals surface area contributed by atoms with Crippen LogP contribution in [0.25, 0.3) is 11.0 Å². The van der Waals surface area contributed by atoms with E-state index in [9.17, 15) is 4.79 Å². The van der Waals surface area contributed by atoms with E-state index in [1.54, 1.807) is 0 Å². The van der Waals surface area contributed by atoms with Gasteiger partial charge in [0.1, 0.15) is 5.82 Å². The Morgan fingerprint density at radius 2 is 1.45 bits per heavy atom. The van der Waals surface area contributed by atoms with Gasteiger partial charge in [-0.1, -0.05) is 37.8 Å². The van der Waals surface area contributed by atoms with Crippen molar-refractivity contribution in [3.8, 4) is 0 Å². The van der Waals surface area contributed by atoms with Crippen molar-refractivity contribution in [2.24, 2.45) is 11.8 Å². The molecular weight excluding hydrogens is 474 g/mol. The zero-order chi connectivity index (χ0) is 25.6. The van der Waals surface area contributed by atoms with Crippen molar-refractivity contribution in [3.63, 3.8) is 0 Å². The van der Waals surface area contributed by atoms with Gasteiger partial charge in [0.2, 0.25) is 0 Å². The molecule has 7 rings (SSSR count). The van der Waals surface area contributed by atoms with Crippen LogP contribution in [0.1, 0.15) is 82.5 Å². The van der Waals surface area contributed by atoms with Crippen molar-refractivity contribution in [2.45, 2.75) is 101 Å². The minimum Gasteiger partial charge on any atom is -0.480 e. The van der Waals surface area contributed by atoms with Crippen molar-refractivity contribution >= 4 is 17.0 Å². The standard InChI is InChI=1S/C31H45N5O2/c37-31(38)21-34-13-11-33(12-14-34)20-30-32-28-9-1-2-10-29(28)36(30)27-18-24-7-4-8-25(19-27)35(24)26-16-22-5-3-6-23(15-22)17-26/h1-2,9-10,22-27H,3-8,11-21H2,(H,37,38)/t22-,23+,24-,25+,26?,27?. The average Bonchev–Trinajstić information content (AvgIpc) is 3.26. The first kappa shape index (κ1) is 25.0. The number of carboxylic acids is 1. The molecule has 1 aromatic heterocycles. The summed E-state index contributed by atoms with van der Waals surface area (Å²) in [6.07, 6.45) is 15.5. The molecule has 206 valence electrons. The maximum Gasteiger partial charge on any atom is 0.317 e. The molecule has 0 amide bonds. The van der Waals surface area contributed by atoms with Gasteiger partial charge in [-0.2, -0.15) is 0 Å². The van der Waals surface area contributed by atoms with Crippen molar-refractivity contribution < 1.29 is 9.90 Å². The Balaban J connectivity index is 1.11. The van der Waals surface area contributed by atoms with Gasteiger partial charge in [-0.25, -0.2) is 4.98 Å². The largest absolute Gasteiger partial charge is 0.480 e. The van der Waals surface area contributed by atoms with Crippen LogP contribution in [0.2, 0.25) is 0 Å². The lowest BCUT2D eigenvalue weighted by Crippen LogP contribution is -2.58. The second-order valence-electron chi connectivity index (χ2n) is 13.2. The molecule has 2 unspecified atom stereocenters. The quantitative estimate of drug-likeness (QED) is 0.593. The normalized spacial score (nSPS) is 34.9. The molecular formula is C31H45N5O2. The van der Waals surface area contributed by atoms with Gasteiger partial charge in [0.15, 0.2) is 0 Å². The third-order valence-corrected chi connectivity index (χ3v) is 10.8. The number of para-hydroxylation sites is 2. The fraction of sp³-hybridized carbons (Fsp3) is 0.742. The highest BCUT2D eigenvalue weighted by Gasteiger charge is 2.45. The summed E-state index contributed by atoms with van der Waals surface area (Å²) in [7, 11) is 0. The Kier molecular flexibility index (Phi) is 6.95. The third-order valence-electron chi connectivity index (χ3n) is 10.8. The lowest BCUT2D eigenvalue weighted by molar-refractivity contribution is -0.138. The maximum atomic E-state index is 11.1. The zero-order valence-electron chi connectivity index (χ0n) is 22.9. The van der Waals surface area contributed by atoms with Crippen LogP contribution in [0, 0.1) is 11.8 Å². The molecule has 7 nitrogen and oxygen atoms in total. The van der Waals surface area contributed by atoms with Crippen molar-refractivity contribution in [3.05, 3.63) is 30.1 Å². The topological polar surface area (TPSA) is 64.8 Å². The first-order valence-corrected chi connectivity index (χ1v) is 15.5. The van der Waals surface area contributed by atoms with Gasteiger partial charge in [-0.3, -0.25) is 19.5 Å². The lowest BCUT2D eigenvalue weighted by atomic mass is 9.68. The van der Waals surface area contributed by atoms with Gasteiger partial charge in [0.05, 0.1) is 24.1 Å². The Labute approximate surface area is 227 Å². The van der Waals surface area contributed by atoms with Crippen molar-refractivity contribution in [2.75, 3.05) is 32.7 Å². The van der Waals surface area contributed by atoms with Gasteiger partial charge < -0.3 is 9.67 Å². The molecule has 2 aliphatic carbocycles. The fourth-order valence-electron chi connectivity index (χ4n) is 9.25. The number of imidazole rings is 1. The summed E-state index contributed by atoms with van der Waals surface area (Å²) < 4.78 is 2.64. The Bertz CT molecular complexity index is 1110. The number of hydrogen-bond acceptors (Lipinski definition) is 5. The van der Waals surface area contributed by atoms with Crippen LogP contribution in [-0.2, 0) is 11.3 Å². The van der Waals surface area contributed by atoms with Gasteiger partial charge in [-0.05, 0) is 68.9 Å². The van der Waals surface area contributed by atoms with Crippen molar-refractivity contribution in [1.29, 1.82) is 0 Å². The highest BCUT2D eigenvalue weighted by atomic mass is 16.4. The Hall–Kier alpha value is -1.96. The second-order valence-corrected chi connectivity index (χ2v) is 13.2. The van der Waals surface area contributed by atoms with E-state index in [0.29, 0.717) is 6.04 Å². The van der Waals surface area contributed by atoms with E-state index >= 15 is 0 Å². The summed E-state index contributed by atoms with van der Waals surface area (Å²) in [5.74, 6) is 2.47. The first-order chi connectivity index (χ1) is 18.6. The number of aliphatic carboxylic acids is 1. The van der Waals surface area contributed by atoms with Crippen LogP contribution >= 0.6 is 0 Å². The van der Waals surface area contributed by atoms with E-state index in [-0.39, 0.29) is 6.54 Å². The van der Waals surface area contributed by atoms with E-state index in [1.807, 2.05) is 0 Å². The van der Waals surface area contributed by atoms with E-state index < -0.39 is 5.97 Å². The highest BCUT2D eigenvalue weighted by molar-refractivity contribution is 5.76.